The summed E-state index contributed by atoms with van der Waals surface area (Å²) in [4.78, 5) is 44.9. The van der Waals surface area contributed by atoms with Crippen molar-refractivity contribution in [2.24, 2.45) is 10.7 Å². The van der Waals surface area contributed by atoms with Crippen LogP contribution in [0.1, 0.15) is 35.2 Å². The number of rotatable bonds is 8. The van der Waals surface area contributed by atoms with Gasteiger partial charge in [-0.1, -0.05) is 18.6 Å². The van der Waals surface area contributed by atoms with E-state index in [4.69, 9.17) is 5.73 Å². The number of carbonyl (C=O) groups is 3. The predicted octanol–water partition coefficient (Wildman–Crippen LogP) is 1.97. The third kappa shape index (κ3) is 5.57. The van der Waals surface area contributed by atoms with Gasteiger partial charge in [0.2, 0.25) is 5.91 Å². The molecule has 3 amide bonds. The molecule has 0 saturated carbocycles. The Morgan fingerprint density at radius 3 is 2.47 bits per heavy atom. The van der Waals surface area contributed by atoms with Crippen LogP contribution in [0.15, 0.2) is 47.5 Å². The second-order valence-corrected chi connectivity index (χ2v) is 9.93. The average molecular weight is 606 g/mol. The van der Waals surface area contributed by atoms with Gasteiger partial charge in [0.05, 0.1) is 12.2 Å². The summed E-state index contributed by atoms with van der Waals surface area (Å²) < 4.78 is 13.8. The predicted molar refractivity (Wildman–Crippen MR) is 143 cm³/mol. The lowest BCUT2D eigenvalue weighted by atomic mass is 9.84. The number of nitrogens with two attached hydrogens (primary N) is 1. The van der Waals surface area contributed by atoms with Gasteiger partial charge in [-0.3, -0.25) is 24.7 Å². The quantitative estimate of drug-likeness (QED) is 0.342. The molecule has 1 unspecified atom stereocenters. The van der Waals surface area contributed by atoms with E-state index in [0.29, 0.717) is 26.9 Å². The van der Waals surface area contributed by atoms with Crippen molar-refractivity contribution in [3.63, 3.8) is 0 Å². The Bertz CT molecular complexity index is 1180. The largest absolute Gasteiger partial charge is 0.367 e. The maximum Gasteiger partial charge on any atom is 0.268 e. The van der Waals surface area contributed by atoms with Gasteiger partial charge in [-0.2, -0.15) is 0 Å². The lowest BCUT2D eigenvalue weighted by Gasteiger charge is -2.29. The van der Waals surface area contributed by atoms with Gasteiger partial charge in [-0.25, -0.2) is 4.39 Å². The summed E-state index contributed by atoms with van der Waals surface area (Å²) in [5.41, 5.74) is 5.47. The lowest BCUT2D eigenvalue weighted by molar-refractivity contribution is -0.123. The molecule has 190 valence electrons. The molecule has 36 heavy (non-hydrogen) atoms. The summed E-state index contributed by atoms with van der Waals surface area (Å²) in [6.07, 6.45) is 3.56. The van der Waals surface area contributed by atoms with E-state index in [0.717, 1.165) is 32.5 Å². The first-order valence-corrected chi connectivity index (χ1v) is 12.9. The van der Waals surface area contributed by atoms with Crippen LogP contribution in [0, 0.1) is 9.39 Å². The number of aliphatic imine (C=N–C) groups is 1. The van der Waals surface area contributed by atoms with Crippen LogP contribution in [0.3, 0.4) is 0 Å². The van der Waals surface area contributed by atoms with Crippen LogP contribution in [0.4, 0.5) is 10.1 Å². The van der Waals surface area contributed by atoms with Crippen molar-refractivity contribution < 1.29 is 18.8 Å². The lowest BCUT2D eigenvalue weighted by Crippen LogP contribution is -2.58. The zero-order valence-corrected chi connectivity index (χ0v) is 21.8. The highest BCUT2D eigenvalue weighted by Crippen LogP contribution is 2.28. The summed E-state index contributed by atoms with van der Waals surface area (Å²) in [6, 6.07) is 10.4. The normalized spacial score (nSPS) is 20.0. The van der Waals surface area contributed by atoms with Crippen LogP contribution >= 0.6 is 22.6 Å². The van der Waals surface area contributed by atoms with Gasteiger partial charge in [-0.15, -0.1) is 0 Å². The Balaban J connectivity index is 1.46. The Kier molecular flexibility index (Phi) is 8.32. The number of carbonyl (C=O) groups excluding carboxylic acids is 3. The number of benzene rings is 2. The number of amides is 3. The third-order valence-corrected chi connectivity index (χ3v) is 7.33. The van der Waals surface area contributed by atoms with Crippen molar-refractivity contribution in [2.45, 2.75) is 24.8 Å². The number of nitrogens with zero attached hydrogens (tertiary/aromatic N) is 2. The van der Waals surface area contributed by atoms with Crippen LogP contribution in [-0.2, 0) is 15.1 Å². The Morgan fingerprint density at radius 1 is 1.08 bits per heavy atom. The average Bonchev–Trinajstić information content (AvgIpc) is 3.31. The number of anilines is 1. The molecule has 2 aromatic rings. The summed E-state index contributed by atoms with van der Waals surface area (Å²) in [6.45, 7) is 3.29. The zero-order chi connectivity index (χ0) is 25.7. The topological polar surface area (TPSA) is 129 Å². The van der Waals surface area contributed by atoms with E-state index in [9.17, 15) is 18.8 Å². The van der Waals surface area contributed by atoms with Gasteiger partial charge in [0.15, 0.2) is 5.54 Å². The number of piperidine rings is 1. The van der Waals surface area contributed by atoms with Gasteiger partial charge < -0.3 is 21.3 Å². The standard InChI is InChI=1S/C25H28FIN6O3/c26-17-6-9-19(20(27)14-17)22(34)32-18-7-4-16(5-8-18)25(24(28)36)21(30-15-31-25)23(35)29-10-13-33-11-2-1-3-12-33/h4-9,14,31H,1-3,10-13,15H2,(H2,28,36)(H,29,35)(H,32,34). The number of hydrogen-bond donors (Lipinski definition) is 4. The first kappa shape index (κ1) is 26.2. The fraction of sp³-hybridized carbons (Fsp3) is 0.360. The van der Waals surface area contributed by atoms with Gasteiger partial charge >= 0.3 is 0 Å². The summed E-state index contributed by atoms with van der Waals surface area (Å²) in [5.74, 6) is -2.01. The fourth-order valence-corrected chi connectivity index (χ4v) is 5.26. The van der Waals surface area contributed by atoms with E-state index >= 15 is 0 Å². The molecule has 11 heteroatoms. The van der Waals surface area contributed by atoms with E-state index in [1.807, 2.05) is 22.6 Å². The van der Waals surface area contributed by atoms with E-state index in [1.165, 1.54) is 24.6 Å². The summed E-state index contributed by atoms with van der Waals surface area (Å²) in [5, 5.41) is 8.61. The molecule has 1 fully saturated rings. The number of nitrogens with one attached hydrogen (secondary N) is 3. The monoisotopic (exact) mass is 606 g/mol. The number of halogens is 2. The highest BCUT2D eigenvalue weighted by molar-refractivity contribution is 14.1. The summed E-state index contributed by atoms with van der Waals surface area (Å²) in [7, 11) is 0. The second kappa shape index (κ2) is 11.4. The number of likely N-dealkylation sites (tertiary alicyclic amines) is 1. The maximum absolute atomic E-state index is 13.4. The Hall–Kier alpha value is -2.90. The fourth-order valence-electron chi connectivity index (χ4n) is 4.54. The number of hydrogen-bond acceptors (Lipinski definition) is 6. The molecule has 0 aliphatic carbocycles. The van der Waals surface area contributed by atoms with Crippen LogP contribution in [0.25, 0.3) is 0 Å². The zero-order valence-electron chi connectivity index (χ0n) is 19.7. The van der Waals surface area contributed by atoms with E-state index in [2.05, 4.69) is 25.8 Å². The van der Waals surface area contributed by atoms with Crippen molar-refractivity contribution in [1.29, 1.82) is 0 Å². The SMILES string of the molecule is NC(=O)C1(c2ccc(NC(=O)c3ccc(F)cc3I)cc2)NCN=C1C(=O)NCCN1CCCCC1. The van der Waals surface area contributed by atoms with Crippen LogP contribution in [0.2, 0.25) is 0 Å². The molecular formula is C25H28FIN6O3. The second-order valence-electron chi connectivity index (χ2n) is 8.77. The molecule has 0 bridgehead atoms. The first-order valence-electron chi connectivity index (χ1n) is 11.8. The van der Waals surface area contributed by atoms with Gasteiger partial charge in [0.1, 0.15) is 11.5 Å². The van der Waals surface area contributed by atoms with Crippen molar-refractivity contribution in [3.05, 3.63) is 63.0 Å². The minimum Gasteiger partial charge on any atom is -0.367 e. The van der Waals surface area contributed by atoms with Crippen molar-refractivity contribution >= 4 is 51.7 Å². The molecule has 2 aliphatic heterocycles. The highest BCUT2D eigenvalue weighted by atomic mass is 127. The third-order valence-electron chi connectivity index (χ3n) is 6.44. The molecule has 0 radical (unpaired) electrons. The van der Waals surface area contributed by atoms with Gasteiger partial charge in [0.25, 0.3) is 11.8 Å². The smallest absolute Gasteiger partial charge is 0.268 e. The van der Waals surface area contributed by atoms with E-state index < -0.39 is 29.1 Å². The van der Waals surface area contributed by atoms with E-state index in [1.54, 1.807) is 24.3 Å². The molecule has 0 aromatic heterocycles. The summed E-state index contributed by atoms with van der Waals surface area (Å²) >= 11 is 1.90. The molecule has 2 aliphatic rings. The minimum absolute atomic E-state index is 0.0197. The molecule has 5 N–H and O–H groups in total. The number of primary amides is 1. The van der Waals surface area contributed by atoms with Crippen molar-refractivity contribution in [2.75, 3.05) is 38.2 Å². The van der Waals surface area contributed by atoms with E-state index in [-0.39, 0.29) is 12.4 Å². The van der Waals surface area contributed by atoms with Crippen LogP contribution in [0.5, 0.6) is 0 Å². The molecule has 2 aromatic carbocycles. The molecule has 2 heterocycles. The molecule has 4 rings (SSSR count). The minimum atomic E-state index is -1.58. The van der Waals surface area contributed by atoms with Gasteiger partial charge in [-0.05, 0) is 84.4 Å². The van der Waals surface area contributed by atoms with Crippen LogP contribution < -0.4 is 21.7 Å². The molecule has 1 atom stereocenters. The molecule has 0 spiro atoms. The maximum atomic E-state index is 13.4. The van der Waals surface area contributed by atoms with Crippen molar-refractivity contribution in [3.8, 4) is 0 Å². The van der Waals surface area contributed by atoms with Crippen molar-refractivity contribution in [1.82, 2.24) is 15.5 Å². The van der Waals surface area contributed by atoms with Gasteiger partial charge in [0, 0.05) is 22.3 Å². The van der Waals surface area contributed by atoms with Crippen LogP contribution in [-0.4, -0.2) is 61.2 Å². The Labute approximate surface area is 222 Å². The molecule has 1 saturated heterocycles. The highest BCUT2D eigenvalue weighted by Gasteiger charge is 2.49. The Morgan fingerprint density at radius 2 is 1.81 bits per heavy atom. The molecular weight excluding hydrogens is 578 g/mol. The molecule has 9 nitrogen and oxygen atoms in total. The first-order chi connectivity index (χ1) is 17.3.